The Balaban J connectivity index is 2.21. The van der Waals surface area contributed by atoms with Gasteiger partial charge in [0.2, 0.25) is 5.91 Å². The summed E-state index contributed by atoms with van der Waals surface area (Å²) in [7, 11) is 1.85. The lowest BCUT2D eigenvalue weighted by Gasteiger charge is -2.29. The molecule has 0 heterocycles. The number of nitrogens with zero attached hydrogens (tertiary/aromatic N) is 1. The van der Waals surface area contributed by atoms with Crippen LogP contribution in [0.1, 0.15) is 30.9 Å². The van der Waals surface area contributed by atoms with E-state index in [1.54, 1.807) is 11.8 Å². The molecule has 128 valence electrons. The first-order valence-electron chi connectivity index (χ1n) is 8.08. The minimum Gasteiger partial charge on any atom is -0.345 e. The summed E-state index contributed by atoms with van der Waals surface area (Å²) >= 11 is 12.0. The van der Waals surface area contributed by atoms with E-state index in [2.05, 4.69) is 31.2 Å². The van der Waals surface area contributed by atoms with Crippen LogP contribution in [0.3, 0.4) is 0 Å². The monoisotopic (exact) mass is 363 g/mol. The molecule has 2 atom stereocenters. The fraction of sp³-hybridized carbons (Fsp3) is 0.350. The highest BCUT2D eigenvalue weighted by Gasteiger charge is 2.22. The predicted octanol–water partition coefficient (Wildman–Crippen LogP) is 5.43. The Labute approximate surface area is 154 Å². The molecule has 24 heavy (non-hydrogen) atoms. The molecule has 0 fully saturated rings. The number of benzene rings is 2. The Morgan fingerprint density at radius 1 is 1.00 bits per heavy atom. The fourth-order valence-corrected chi connectivity index (χ4v) is 3.13. The van der Waals surface area contributed by atoms with Crippen molar-refractivity contribution >= 4 is 29.1 Å². The standard InChI is InChI=1S/C20H23Cl2NO/c1-14(12-16-4-8-18(21)9-5-16)20(13-23(3)15(2)24)17-6-10-19(22)11-7-17/h4-11,14,20H,12-13H2,1-3H3. The highest BCUT2D eigenvalue weighted by Crippen LogP contribution is 2.29. The molecule has 0 saturated carbocycles. The molecule has 2 aromatic carbocycles. The van der Waals surface area contributed by atoms with Crippen molar-refractivity contribution in [2.24, 2.45) is 5.92 Å². The Morgan fingerprint density at radius 3 is 2.00 bits per heavy atom. The van der Waals surface area contributed by atoms with Gasteiger partial charge < -0.3 is 4.90 Å². The summed E-state index contributed by atoms with van der Waals surface area (Å²) in [6.07, 6.45) is 0.927. The minimum atomic E-state index is 0.0765. The molecule has 1 amide bonds. The first-order chi connectivity index (χ1) is 11.4. The van der Waals surface area contributed by atoms with E-state index >= 15 is 0 Å². The molecule has 0 radical (unpaired) electrons. The van der Waals surface area contributed by atoms with Gasteiger partial charge in [0.25, 0.3) is 0 Å². The Kier molecular flexibility index (Phi) is 6.70. The number of carbonyl (C=O) groups is 1. The summed E-state index contributed by atoms with van der Waals surface area (Å²) in [5.74, 6) is 0.689. The highest BCUT2D eigenvalue weighted by atomic mass is 35.5. The van der Waals surface area contributed by atoms with E-state index in [0.717, 1.165) is 16.5 Å². The van der Waals surface area contributed by atoms with Crippen molar-refractivity contribution in [2.45, 2.75) is 26.2 Å². The van der Waals surface area contributed by atoms with Crippen LogP contribution in [0.4, 0.5) is 0 Å². The Bertz CT molecular complexity index is 667. The zero-order chi connectivity index (χ0) is 17.7. The maximum absolute atomic E-state index is 11.7. The number of hydrogen-bond acceptors (Lipinski definition) is 1. The van der Waals surface area contributed by atoms with Gasteiger partial charge in [-0.3, -0.25) is 4.79 Å². The average Bonchev–Trinajstić information content (AvgIpc) is 2.55. The number of amides is 1. The maximum Gasteiger partial charge on any atom is 0.219 e. The second-order valence-corrected chi connectivity index (χ2v) is 7.24. The molecule has 2 unspecified atom stereocenters. The SMILES string of the molecule is CC(=O)N(C)CC(c1ccc(Cl)cc1)C(C)Cc1ccc(Cl)cc1. The van der Waals surface area contributed by atoms with Gasteiger partial charge >= 0.3 is 0 Å². The van der Waals surface area contributed by atoms with Gasteiger partial charge in [-0.15, -0.1) is 0 Å². The fourth-order valence-electron chi connectivity index (χ4n) is 2.88. The average molecular weight is 364 g/mol. The third-order valence-corrected chi connectivity index (χ3v) is 4.97. The molecule has 0 bridgehead atoms. The summed E-state index contributed by atoms with van der Waals surface area (Å²) < 4.78 is 0. The van der Waals surface area contributed by atoms with E-state index in [1.807, 2.05) is 31.3 Å². The van der Waals surface area contributed by atoms with Crippen LogP contribution in [0.15, 0.2) is 48.5 Å². The first kappa shape index (κ1) is 18.8. The summed E-state index contributed by atoms with van der Waals surface area (Å²) in [5.41, 5.74) is 2.45. The van der Waals surface area contributed by atoms with Crippen molar-refractivity contribution < 1.29 is 4.79 Å². The summed E-state index contributed by atoms with van der Waals surface area (Å²) in [5, 5.41) is 1.47. The molecule has 2 nitrogen and oxygen atoms in total. The first-order valence-corrected chi connectivity index (χ1v) is 8.84. The predicted molar refractivity (Wildman–Crippen MR) is 102 cm³/mol. The topological polar surface area (TPSA) is 20.3 Å². The molecule has 0 aliphatic carbocycles. The van der Waals surface area contributed by atoms with E-state index < -0.39 is 0 Å². The van der Waals surface area contributed by atoms with Gasteiger partial charge in [-0.05, 0) is 47.7 Å². The highest BCUT2D eigenvalue weighted by molar-refractivity contribution is 6.30. The Hall–Kier alpha value is -1.51. The van der Waals surface area contributed by atoms with Crippen LogP contribution in [-0.4, -0.2) is 24.4 Å². The summed E-state index contributed by atoms with van der Waals surface area (Å²) in [6, 6.07) is 15.9. The number of hydrogen-bond donors (Lipinski definition) is 0. The lowest BCUT2D eigenvalue weighted by Crippen LogP contribution is -2.32. The molecule has 4 heteroatoms. The molecular formula is C20H23Cl2NO. The quantitative estimate of drug-likeness (QED) is 0.669. The van der Waals surface area contributed by atoms with Crippen LogP contribution in [0, 0.1) is 5.92 Å². The van der Waals surface area contributed by atoms with Gasteiger partial charge in [0.05, 0.1) is 0 Å². The normalized spacial score (nSPS) is 13.4. The van der Waals surface area contributed by atoms with Crippen molar-refractivity contribution in [2.75, 3.05) is 13.6 Å². The van der Waals surface area contributed by atoms with Gasteiger partial charge in [-0.2, -0.15) is 0 Å². The number of likely N-dealkylation sites (N-methyl/N-ethyl adjacent to an activating group) is 1. The molecule has 0 aromatic heterocycles. The minimum absolute atomic E-state index is 0.0765. The van der Waals surface area contributed by atoms with E-state index in [0.29, 0.717) is 12.5 Å². The van der Waals surface area contributed by atoms with Crippen molar-refractivity contribution in [1.82, 2.24) is 4.90 Å². The number of rotatable bonds is 6. The van der Waals surface area contributed by atoms with Gasteiger partial charge in [-0.25, -0.2) is 0 Å². The summed E-state index contributed by atoms with van der Waals surface area (Å²) in [6.45, 7) is 4.51. The third-order valence-electron chi connectivity index (χ3n) is 4.46. The largest absolute Gasteiger partial charge is 0.345 e. The van der Waals surface area contributed by atoms with Crippen LogP contribution < -0.4 is 0 Å². The lowest BCUT2D eigenvalue weighted by molar-refractivity contribution is -0.127. The molecule has 0 N–H and O–H groups in total. The van der Waals surface area contributed by atoms with Crippen molar-refractivity contribution in [3.63, 3.8) is 0 Å². The maximum atomic E-state index is 11.7. The third kappa shape index (κ3) is 5.25. The zero-order valence-corrected chi connectivity index (χ0v) is 15.8. The summed E-state index contributed by atoms with van der Waals surface area (Å²) in [4.78, 5) is 13.4. The number of carbonyl (C=O) groups excluding carboxylic acids is 1. The van der Waals surface area contributed by atoms with E-state index in [9.17, 15) is 4.79 Å². The van der Waals surface area contributed by atoms with Crippen LogP contribution in [-0.2, 0) is 11.2 Å². The van der Waals surface area contributed by atoms with Crippen LogP contribution in [0.5, 0.6) is 0 Å². The molecule has 0 saturated heterocycles. The molecule has 2 aromatic rings. The number of halogens is 2. The molecule has 0 spiro atoms. The van der Waals surface area contributed by atoms with Crippen molar-refractivity contribution in [1.29, 1.82) is 0 Å². The van der Waals surface area contributed by atoms with E-state index in [4.69, 9.17) is 23.2 Å². The van der Waals surface area contributed by atoms with Gasteiger partial charge in [0, 0.05) is 36.5 Å². The van der Waals surface area contributed by atoms with Crippen LogP contribution in [0.2, 0.25) is 10.0 Å². The van der Waals surface area contributed by atoms with Crippen molar-refractivity contribution in [3.8, 4) is 0 Å². The molecule has 2 rings (SSSR count). The van der Waals surface area contributed by atoms with Crippen LogP contribution in [0.25, 0.3) is 0 Å². The van der Waals surface area contributed by atoms with E-state index in [-0.39, 0.29) is 11.8 Å². The lowest BCUT2D eigenvalue weighted by atomic mass is 9.83. The molecule has 0 aliphatic rings. The second-order valence-electron chi connectivity index (χ2n) is 6.37. The Morgan fingerprint density at radius 2 is 1.50 bits per heavy atom. The molecule has 0 aliphatic heterocycles. The van der Waals surface area contributed by atoms with Gasteiger partial charge in [-0.1, -0.05) is 54.4 Å². The second kappa shape index (κ2) is 8.55. The smallest absolute Gasteiger partial charge is 0.219 e. The van der Waals surface area contributed by atoms with Gasteiger partial charge in [0.15, 0.2) is 0 Å². The van der Waals surface area contributed by atoms with Crippen LogP contribution >= 0.6 is 23.2 Å². The van der Waals surface area contributed by atoms with Gasteiger partial charge in [0.1, 0.15) is 0 Å². The molecular weight excluding hydrogens is 341 g/mol. The van der Waals surface area contributed by atoms with Crippen molar-refractivity contribution in [3.05, 3.63) is 69.7 Å². The van der Waals surface area contributed by atoms with E-state index in [1.165, 1.54) is 11.1 Å². The zero-order valence-electron chi connectivity index (χ0n) is 14.3.